The highest BCUT2D eigenvalue weighted by Gasteiger charge is 2.70. The first-order chi connectivity index (χ1) is 10.0. The minimum atomic E-state index is -0.228. The molecule has 116 valence electrons. The van der Waals surface area contributed by atoms with Crippen LogP contribution in [0.1, 0.15) is 33.1 Å². The average molecular weight is 292 g/mol. The van der Waals surface area contributed by atoms with Crippen LogP contribution in [0.5, 0.6) is 0 Å². The van der Waals surface area contributed by atoms with Crippen LogP contribution in [0.25, 0.3) is 0 Å². The summed E-state index contributed by atoms with van der Waals surface area (Å²) in [7, 11) is 1.67. The molecule has 21 heavy (non-hydrogen) atoms. The van der Waals surface area contributed by atoms with E-state index in [1.54, 1.807) is 7.11 Å². The van der Waals surface area contributed by atoms with E-state index in [1.165, 1.54) is 0 Å². The molecule has 7 unspecified atom stereocenters. The van der Waals surface area contributed by atoms with E-state index >= 15 is 0 Å². The molecule has 5 aliphatic rings. The molecule has 5 rings (SSSR count). The van der Waals surface area contributed by atoms with Crippen molar-refractivity contribution in [2.45, 2.75) is 50.9 Å². The summed E-state index contributed by atoms with van der Waals surface area (Å²) in [5.41, 5.74) is 0.137. The topological polar surface area (TPSA) is 44.8 Å². The van der Waals surface area contributed by atoms with E-state index in [0.29, 0.717) is 12.5 Å². The Morgan fingerprint density at radius 3 is 2.95 bits per heavy atom. The van der Waals surface area contributed by atoms with Crippen LogP contribution in [0.3, 0.4) is 0 Å². The first-order valence-corrected chi connectivity index (χ1v) is 8.09. The normalized spacial score (nSPS) is 53.0. The number of rotatable bonds is 3. The zero-order valence-electron chi connectivity index (χ0n) is 13.0. The Morgan fingerprint density at radius 2 is 2.29 bits per heavy atom. The van der Waals surface area contributed by atoms with E-state index in [9.17, 15) is 4.79 Å². The summed E-state index contributed by atoms with van der Waals surface area (Å²) >= 11 is 0. The lowest BCUT2D eigenvalue weighted by molar-refractivity contribution is -0.180. The molecule has 0 N–H and O–H groups in total. The maximum atomic E-state index is 12.5. The van der Waals surface area contributed by atoms with Crippen LogP contribution in [0.2, 0.25) is 0 Å². The maximum Gasteiger partial charge on any atom is 0.312 e. The minimum absolute atomic E-state index is 0.0185. The third-order valence-corrected chi connectivity index (χ3v) is 6.36. The molecule has 0 radical (unpaired) electrons. The Hall–Kier alpha value is -0.870. The maximum absolute atomic E-state index is 12.5. The number of esters is 1. The van der Waals surface area contributed by atoms with Gasteiger partial charge in [-0.05, 0) is 44.4 Å². The van der Waals surface area contributed by atoms with Gasteiger partial charge in [0.2, 0.25) is 0 Å². The van der Waals surface area contributed by atoms with Crippen molar-refractivity contribution in [1.29, 1.82) is 0 Å². The van der Waals surface area contributed by atoms with Crippen molar-refractivity contribution < 1.29 is 19.0 Å². The van der Waals surface area contributed by atoms with Crippen molar-refractivity contribution in [2.75, 3.05) is 13.7 Å². The van der Waals surface area contributed by atoms with Crippen LogP contribution in [0.15, 0.2) is 12.2 Å². The number of carbonyl (C=O) groups is 1. The molecule has 2 saturated carbocycles. The van der Waals surface area contributed by atoms with Gasteiger partial charge in [0.05, 0.1) is 30.3 Å². The zero-order chi connectivity index (χ0) is 14.8. The van der Waals surface area contributed by atoms with Crippen LogP contribution in [-0.2, 0) is 19.0 Å². The second kappa shape index (κ2) is 4.32. The molecule has 0 amide bonds. The number of hydrogen-bond donors (Lipinski definition) is 0. The first-order valence-electron chi connectivity index (χ1n) is 8.09. The van der Waals surface area contributed by atoms with Gasteiger partial charge in [-0.15, -0.1) is 0 Å². The lowest BCUT2D eigenvalue weighted by Crippen LogP contribution is -2.55. The van der Waals surface area contributed by atoms with Crippen molar-refractivity contribution in [3.05, 3.63) is 12.2 Å². The van der Waals surface area contributed by atoms with Crippen molar-refractivity contribution in [2.24, 2.45) is 23.2 Å². The molecular weight excluding hydrogens is 268 g/mol. The fourth-order valence-corrected chi connectivity index (χ4v) is 5.72. The Morgan fingerprint density at radius 1 is 1.48 bits per heavy atom. The van der Waals surface area contributed by atoms with Gasteiger partial charge in [0.25, 0.3) is 0 Å². The van der Waals surface area contributed by atoms with E-state index in [2.05, 4.69) is 19.1 Å². The van der Waals surface area contributed by atoms with Crippen LogP contribution in [0.4, 0.5) is 0 Å². The van der Waals surface area contributed by atoms with Crippen LogP contribution in [-0.4, -0.2) is 37.5 Å². The summed E-state index contributed by atoms with van der Waals surface area (Å²) in [4.78, 5) is 12.5. The lowest BCUT2D eigenvalue weighted by atomic mass is 9.57. The largest absolute Gasteiger partial charge is 0.466 e. The average Bonchev–Trinajstić information content (AvgIpc) is 2.81. The summed E-state index contributed by atoms with van der Waals surface area (Å²) in [5.74, 6) is 0.498. The first kappa shape index (κ1) is 13.8. The molecule has 4 heteroatoms. The van der Waals surface area contributed by atoms with Crippen molar-refractivity contribution in [1.82, 2.24) is 0 Å². The number of carbonyl (C=O) groups excluding carboxylic acids is 1. The number of ether oxygens (including phenoxy) is 3. The number of allylic oxidation sites excluding steroid dienone is 1. The zero-order valence-corrected chi connectivity index (χ0v) is 13.0. The fraction of sp³-hybridized carbons (Fsp3) is 0.824. The summed E-state index contributed by atoms with van der Waals surface area (Å²) in [6.45, 7) is 4.52. The van der Waals surface area contributed by atoms with E-state index in [-0.39, 0.29) is 41.0 Å². The van der Waals surface area contributed by atoms with E-state index in [0.717, 1.165) is 19.3 Å². The second-order valence-corrected chi connectivity index (χ2v) is 7.38. The van der Waals surface area contributed by atoms with Crippen LogP contribution < -0.4 is 0 Å². The van der Waals surface area contributed by atoms with Gasteiger partial charge in [-0.2, -0.15) is 0 Å². The molecule has 3 aliphatic carbocycles. The van der Waals surface area contributed by atoms with Gasteiger partial charge >= 0.3 is 5.97 Å². The standard InChI is InChI=1S/C17H24O4/c1-4-20-15(18)13-11(19-3)5-6-17-8-10-7-12(14(13)17)21-16(10,2)9-17/h5-6,10-14H,4,7-9H2,1-3H3. The second-order valence-electron chi connectivity index (χ2n) is 7.38. The summed E-state index contributed by atoms with van der Waals surface area (Å²) in [6, 6.07) is 0. The quantitative estimate of drug-likeness (QED) is 0.591. The predicted octanol–water partition coefficient (Wildman–Crippen LogP) is 2.32. The minimum Gasteiger partial charge on any atom is -0.466 e. The Labute approximate surface area is 125 Å². The molecule has 2 heterocycles. The van der Waals surface area contributed by atoms with Crippen molar-refractivity contribution in [3.63, 3.8) is 0 Å². The Bertz CT molecular complexity index is 501. The lowest BCUT2D eigenvalue weighted by Gasteiger charge is -2.51. The van der Waals surface area contributed by atoms with Gasteiger partial charge in [-0.25, -0.2) is 0 Å². The monoisotopic (exact) mass is 292 g/mol. The Balaban J connectivity index is 1.74. The highest BCUT2D eigenvalue weighted by Crippen LogP contribution is 2.69. The van der Waals surface area contributed by atoms with Gasteiger partial charge in [0.1, 0.15) is 0 Å². The van der Waals surface area contributed by atoms with Gasteiger partial charge < -0.3 is 14.2 Å². The smallest absolute Gasteiger partial charge is 0.312 e. The summed E-state index contributed by atoms with van der Waals surface area (Å²) in [5, 5.41) is 0. The van der Waals surface area contributed by atoms with E-state index in [1.807, 2.05) is 6.92 Å². The summed E-state index contributed by atoms with van der Waals surface area (Å²) < 4.78 is 17.3. The van der Waals surface area contributed by atoms with Gasteiger partial charge in [-0.3, -0.25) is 4.79 Å². The van der Waals surface area contributed by atoms with Gasteiger partial charge in [-0.1, -0.05) is 12.2 Å². The van der Waals surface area contributed by atoms with Crippen LogP contribution >= 0.6 is 0 Å². The molecule has 2 saturated heterocycles. The number of hydrogen-bond acceptors (Lipinski definition) is 4. The molecule has 0 aromatic heterocycles. The molecule has 0 aromatic carbocycles. The number of methoxy groups -OCH3 is 1. The summed E-state index contributed by atoms with van der Waals surface area (Å²) in [6.07, 6.45) is 7.68. The predicted molar refractivity (Wildman–Crippen MR) is 76.6 cm³/mol. The third kappa shape index (κ3) is 1.66. The fourth-order valence-electron chi connectivity index (χ4n) is 5.72. The molecule has 4 bridgehead atoms. The van der Waals surface area contributed by atoms with Crippen LogP contribution in [0, 0.1) is 23.2 Å². The van der Waals surface area contributed by atoms with Crippen molar-refractivity contribution >= 4 is 5.97 Å². The third-order valence-electron chi connectivity index (χ3n) is 6.36. The highest BCUT2D eigenvalue weighted by molar-refractivity contribution is 5.75. The molecule has 1 spiro atoms. The van der Waals surface area contributed by atoms with E-state index < -0.39 is 0 Å². The van der Waals surface area contributed by atoms with Gasteiger partial charge in [0, 0.05) is 13.0 Å². The molecule has 4 nitrogen and oxygen atoms in total. The Kier molecular flexibility index (Phi) is 2.84. The molecule has 4 fully saturated rings. The van der Waals surface area contributed by atoms with E-state index in [4.69, 9.17) is 14.2 Å². The molecule has 0 aromatic rings. The highest BCUT2D eigenvalue weighted by atomic mass is 16.5. The molecular formula is C17H24O4. The molecule has 7 atom stereocenters. The van der Waals surface area contributed by atoms with Gasteiger partial charge in [0.15, 0.2) is 0 Å². The van der Waals surface area contributed by atoms with Crippen molar-refractivity contribution in [3.8, 4) is 0 Å². The SMILES string of the molecule is CCOC(=O)C1C(OC)C=CC23CC4CC(OC4(C)C2)C13. The molecule has 2 aliphatic heterocycles.